The summed E-state index contributed by atoms with van der Waals surface area (Å²) in [6.07, 6.45) is 3.45. The molecule has 0 bridgehead atoms. The van der Waals surface area contributed by atoms with Gasteiger partial charge in [0.2, 0.25) is 0 Å². The number of benzene rings is 1. The van der Waals surface area contributed by atoms with Gasteiger partial charge in [0.1, 0.15) is 0 Å². The second kappa shape index (κ2) is 7.23. The van der Waals surface area contributed by atoms with Gasteiger partial charge in [0.15, 0.2) is 11.6 Å². The lowest BCUT2D eigenvalue weighted by Crippen LogP contribution is -2.37. The van der Waals surface area contributed by atoms with E-state index in [1.54, 1.807) is 19.2 Å². The second-order valence-corrected chi connectivity index (χ2v) is 6.24. The molecule has 0 aromatic heterocycles. The summed E-state index contributed by atoms with van der Waals surface area (Å²) in [5.41, 5.74) is 1.21. The minimum absolute atomic E-state index is 0.175. The molecular weight excluding hydrogens is 269 g/mol. The van der Waals surface area contributed by atoms with E-state index in [0.717, 1.165) is 37.6 Å². The summed E-state index contributed by atoms with van der Waals surface area (Å²) in [7, 11) is 3.20. The molecule has 1 aliphatic carbocycles. The molecule has 1 aromatic carbocycles. The predicted octanol–water partition coefficient (Wildman–Crippen LogP) is 3.03. The van der Waals surface area contributed by atoms with E-state index in [0.29, 0.717) is 5.75 Å². The zero-order chi connectivity index (χ0) is 15.3. The molecule has 1 aliphatic rings. The van der Waals surface area contributed by atoms with Gasteiger partial charge in [-0.15, -0.1) is 0 Å². The molecule has 1 atom stereocenters. The molecule has 1 saturated carbocycles. The van der Waals surface area contributed by atoms with Gasteiger partial charge in [0, 0.05) is 20.2 Å². The summed E-state index contributed by atoms with van der Waals surface area (Å²) in [6.45, 7) is 4.81. The van der Waals surface area contributed by atoms with Crippen LogP contribution < -0.4 is 10.1 Å². The lowest BCUT2D eigenvalue weighted by molar-refractivity contribution is 0.187. The minimum atomic E-state index is -0.277. The molecule has 0 heterocycles. The van der Waals surface area contributed by atoms with Crippen LogP contribution in [-0.4, -0.2) is 33.9 Å². The van der Waals surface area contributed by atoms with Gasteiger partial charge in [-0.25, -0.2) is 4.39 Å². The Morgan fingerprint density at radius 2 is 2.10 bits per heavy atom. The molecule has 118 valence electrons. The van der Waals surface area contributed by atoms with Crippen LogP contribution in [0.1, 0.15) is 25.3 Å². The Labute approximate surface area is 126 Å². The maximum atomic E-state index is 13.8. The Balaban J connectivity index is 2.00. The molecule has 0 radical (unpaired) electrons. The van der Waals surface area contributed by atoms with Gasteiger partial charge in [0.05, 0.1) is 13.7 Å². The van der Waals surface area contributed by atoms with E-state index in [2.05, 4.69) is 12.2 Å². The summed E-state index contributed by atoms with van der Waals surface area (Å²) in [5.74, 6) is 0.767. The lowest BCUT2D eigenvalue weighted by Gasteiger charge is -2.30. The minimum Gasteiger partial charge on any atom is -0.494 e. The molecule has 4 heteroatoms. The fourth-order valence-corrected chi connectivity index (χ4v) is 2.97. The lowest BCUT2D eigenvalue weighted by atomic mass is 9.79. The first-order valence-electron chi connectivity index (χ1n) is 7.61. The molecule has 0 aliphatic heterocycles. The number of hydrogen-bond donors (Lipinski definition) is 1. The molecule has 3 nitrogen and oxygen atoms in total. The number of hydrogen-bond acceptors (Lipinski definition) is 3. The molecule has 21 heavy (non-hydrogen) atoms. The van der Waals surface area contributed by atoms with Gasteiger partial charge in [0.25, 0.3) is 0 Å². The Bertz CT molecular complexity index is 462. The first kappa shape index (κ1) is 16.2. The first-order valence-corrected chi connectivity index (χ1v) is 7.61. The van der Waals surface area contributed by atoms with Crippen LogP contribution >= 0.6 is 0 Å². The van der Waals surface area contributed by atoms with Gasteiger partial charge in [-0.05, 0) is 48.3 Å². The van der Waals surface area contributed by atoms with Crippen LogP contribution in [0.4, 0.5) is 4.39 Å². The van der Waals surface area contributed by atoms with Gasteiger partial charge in [-0.3, -0.25) is 0 Å². The van der Waals surface area contributed by atoms with Crippen LogP contribution in [0.3, 0.4) is 0 Å². The quantitative estimate of drug-likeness (QED) is 0.710. The van der Waals surface area contributed by atoms with Crippen molar-refractivity contribution in [3.05, 3.63) is 29.6 Å². The maximum Gasteiger partial charge on any atom is 0.165 e. The van der Waals surface area contributed by atoms with Crippen molar-refractivity contribution in [1.82, 2.24) is 5.32 Å². The van der Waals surface area contributed by atoms with Crippen LogP contribution in [-0.2, 0) is 11.2 Å². The molecule has 1 unspecified atom stereocenters. The first-order chi connectivity index (χ1) is 10.1. The van der Waals surface area contributed by atoms with Crippen LogP contribution in [0.2, 0.25) is 0 Å². The van der Waals surface area contributed by atoms with E-state index in [9.17, 15) is 4.39 Å². The summed E-state index contributed by atoms with van der Waals surface area (Å²) in [6, 6.07) is 5.29. The molecule has 1 fully saturated rings. The Morgan fingerprint density at radius 3 is 2.67 bits per heavy atom. The summed E-state index contributed by atoms with van der Waals surface area (Å²) in [4.78, 5) is 0. The normalized spacial score (nSPS) is 17.5. The highest BCUT2D eigenvalue weighted by molar-refractivity contribution is 5.30. The van der Waals surface area contributed by atoms with E-state index in [4.69, 9.17) is 9.47 Å². The SMILES string of the molecule is COCCNCC(C)(Cc1ccc(OC)c(F)c1)C1CC1. The molecule has 0 amide bonds. The van der Waals surface area contributed by atoms with Crippen LogP contribution in [0.25, 0.3) is 0 Å². The van der Waals surface area contributed by atoms with Crippen molar-refractivity contribution >= 4 is 0 Å². The monoisotopic (exact) mass is 295 g/mol. The number of ether oxygens (including phenoxy) is 2. The van der Waals surface area contributed by atoms with Crippen molar-refractivity contribution in [2.75, 3.05) is 33.9 Å². The van der Waals surface area contributed by atoms with Crippen molar-refractivity contribution in [3.63, 3.8) is 0 Å². The highest BCUT2D eigenvalue weighted by atomic mass is 19.1. The van der Waals surface area contributed by atoms with E-state index in [-0.39, 0.29) is 11.2 Å². The Kier molecular flexibility index (Phi) is 5.59. The Morgan fingerprint density at radius 1 is 1.33 bits per heavy atom. The number of nitrogens with one attached hydrogen (secondary N) is 1. The van der Waals surface area contributed by atoms with E-state index in [1.807, 2.05) is 6.07 Å². The number of rotatable bonds is 9. The van der Waals surface area contributed by atoms with Gasteiger partial charge in [-0.2, -0.15) is 0 Å². The molecule has 2 rings (SSSR count). The molecule has 0 spiro atoms. The van der Waals surface area contributed by atoms with Gasteiger partial charge >= 0.3 is 0 Å². The summed E-state index contributed by atoms with van der Waals surface area (Å²) in [5, 5.41) is 3.46. The highest BCUT2D eigenvalue weighted by Crippen LogP contribution is 2.47. The van der Waals surface area contributed by atoms with Crippen molar-refractivity contribution in [2.45, 2.75) is 26.2 Å². The van der Waals surface area contributed by atoms with Crippen LogP contribution in [0.15, 0.2) is 18.2 Å². The topological polar surface area (TPSA) is 30.5 Å². The largest absolute Gasteiger partial charge is 0.494 e. The fourth-order valence-electron chi connectivity index (χ4n) is 2.97. The second-order valence-electron chi connectivity index (χ2n) is 6.24. The maximum absolute atomic E-state index is 13.8. The van der Waals surface area contributed by atoms with Crippen molar-refractivity contribution < 1.29 is 13.9 Å². The highest BCUT2D eigenvalue weighted by Gasteiger charge is 2.41. The van der Waals surface area contributed by atoms with Crippen molar-refractivity contribution in [1.29, 1.82) is 0 Å². The smallest absolute Gasteiger partial charge is 0.165 e. The van der Waals surface area contributed by atoms with E-state index >= 15 is 0 Å². The van der Waals surface area contributed by atoms with Crippen LogP contribution in [0, 0.1) is 17.2 Å². The van der Waals surface area contributed by atoms with Gasteiger partial charge in [-0.1, -0.05) is 13.0 Å². The molecule has 1 N–H and O–H groups in total. The number of halogens is 1. The average Bonchev–Trinajstić information content (AvgIpc) is 3.29. The summed E-state index contributed by atoms with van der Waals surface area (Å²) < 4.78 is 23.9. The Hall–Kier alpha value is -1.13. The predicted molar refractivity (Wildman–Crippen MR) is 82.2 cm³/mol. The van der Waals surface area contributed by atoms with Crippen molar-refractivity contribution in [3.8, 4) is 5.75 Å². The number of methoxy groups -OCH3 is 2. The van der Waals surface area contributed by atoms with Gasteiger partial charge < -0.3 is 14.8 Å². The fraction of sp³-hybridized carbons (Fsp3) is 0.647. The third-order valence-electron chi connectivity index (χ3n) is 4.40. The third kappa shape index (κ3) is 4.42. The third-order valence-corrected chi connectivity index (χ3v) is 4.40. The molecule has 0 saturated heterocycles. The van der Waals surface area contributed by atoms with E-state index < -0.39 is 0 Å². The zero-order valence-corrected chi connectivity index (χ0v) is 13.2. The van der Waals surface area contributed by atoms with E-state index in [1.165, 1.54) is 20.0 Å². The van der Waals surface area contributed by atoms with Crippen molar-refractivity contribution in [2.24, 2.45) is 11.3 Å². The molecule has 1 aromatic rings. The molecular formula is C17H26FNO2. The zero-order valence-electron chi connectivity index (χ0n) is 13.2. The summed E-state index contributed by atoms with van der Waals surface area (Å²) >= 11 is 0. The standard InChI is InChI=1S/C17H26FNO2/c1-17(14-5-6-14,12-19-8-9-20-2)11-13-4-7-16(21-3)15(18)10-13/h4,7,10,14,19H,5-6,8-9,11-12H2,1-3H3. The van der Waals surface area contributed by atoms with Crippen LogP contribution in [0.5, 0.6) is 5.75 Å². The average molecular weight is 295 g/mol.